The molecule has 2 heteroatoms. The summed E-state index contributed by atoms with van der Waals surface area (Å²) in [5, 5.41) is 0. The number of likely N-dealkylation sites (tertiary alicyclic amines) is 1. The number of fused-ring (bicyclic) bond motifs is 1. The first-order valence-corrected chi connectivity index (χ1v) is 7.46. The van der Waals surface area contributed by atoms with Gasteiger partial charge >= 0.3 is 0 Å². The quantitative estimate of drug-likeness (QED) is 0.736. The monoisotopic (exact) mass is 235 g/mol. The molecular formula is C15H25NO. The largest absolute Gasteiger partial charge is 0.342 e. The predicted molar refractivity (Wildman–Crippen MR) is 68.5 cm³/mol. The normalized spacial score (nSPS) is 38.2. The van der Waals surface area contributed by atoms with Crippen molar-refractivity contribution in [2.24, 2.45) is 23.2 Å². The van der Waals surface area contributed by atoms with Gasteiger partial charge in [-0.3, -0.25) is 4.79 Å². The van der Waals surface area contributed by atoms with Gasteiger partial charge in [0.05, 0.1) is 0 Å². The van der Waals surface area contributed by atoms with Crippen molar-refractivity contribution in [3.63, 3.8) is 0 Å². The molecule has 3 fully saturated rings. The third kappa shape index (κ3) is 1.90. The molecule has 0 aromatic carbocycles. The van der Waals surface area contributed by atoms with Gasteiger partial charge in [0, 0.05) is 19.0 Å². The van der Waals surface area contributed by atoms with Crippen molar-refractivity contribution in [1.29, 1.82) is 0 Å². The van der Waals surface area contributed by atoms with E-state index in [-0.39, 0.29) is 0 Å². The van der Waals surface area contributed by atoms with Crippen molar-refractivity contribution in [3.05, 3.63) is 0 Å². The number of rotatable bonds is 3. The van der Waals surface area contributed by atoms with E-state index < -0.39 is 0 Å². The number of amides is 1. The number of nitrogens with zero attached hydrogens (tertiary/aromatic N) is 1. The second-order valence-corrected chi connectivity index (χ2v) is 6.64. The van der Waals surface area contributed by atoms with E-state index in [1.54, 1.807) is 0 Å². The number of hydrogen-bond donors (Lipinski definition) is 0. The van der Waals surface area contributed by atoms with Crippen molar-refractivity contribution in [3.8, 4) is 0 Å². The molecule has 0 spiro atoms. The lowest BCUT2D eigenvalue weighted by atomic mass is 9.82. The molecule has 96 valence electrons. The maximum Gasteiger partial charge on any atom is 0.225 e. The summed E-state index contributed by atoms with van der Waals surface area (Å²) < 4.78 is 0. The average Bonchev–Trinajstić information content (AvgIpc) is 2.83. The molecule has 1 aliphatic heterocycles. The van der Waals surface area contributed by atoms with Crippen molar-refractivity contribution in [2.75, 3.05) is 13.1 Å². The molecule has 3 rings (SSSR count). The van der Waals surface area contributed by atoms with Gasteiger partial charge in [-0.1, -0.05) is 13.8 Å². The summed E-state index contributed by atoms with van der Waals surface area (Å²) in [6.45, 7) is 6.61. The summed E-state index contributed by atoms with van der Waals surface area (Å²) >= 11 is 0. The van der Waals surface area contributed by atoms with E-state index in [0.717, 1.165) is 24.9 Å². The zero-order valence-corrected chi connectivity index (χ0v) is 11.2. The van der Waals surface area contributed by atoms with Gasteiger partial charge in [0.25, 0.3) is 0 Å². The highest BCUT2D eigenvalue weighted by molar-refractivity contribution is 5.79. The number of hydrogen-bond acceptors (Lipinski definition) is 1. The molecule has 2 aliphatic carbocycles. The molecule has 2 nitrogen and oxygen atoms in total. The van der Waals surface area contributed by atoms with E-state index in [2.05, 4.69) is 18.7 Å². The fraction of sp³-hybridized carbons (Fsp3) is 0.933. The Morgan fingerprint density at radius 3 is 2.35 bits per heavy atom. The zero-order valence-electron chi connectivity index (χ0n) is 11.2. The van der Waals surface area contributed by atoms with Gasteiger partial charge in [-0.2, -0.15) is 0 Å². The van der Waals surface area contributed by atoms with Crippen LogP contribution in [0.5, 0.6) is 0 Å². The van der Waals surface area contributed by atoms with Crippen LogP contribution in [0.4, 0.5) is 0 Å². The Balaban J connectivity index is 1.60. The second-order valence-electron chi connectivity index (χ2n) is 6.64. The van der Waals surface area contributed by atoms with E-state index in [0.29, 0.717) is 17.2 Å². The van der Waals surface area contributed by atoms with Crippen molar-refractivity contribution < 1.29 is 4.79 Å². The molecule has 1 saturated heterocycles. The van der Waals surface area contributed by atoms with Crippen LogP contribution in [0.2, 0.25) is 0 Å². The average molecular weight is 235 g/mol. The molecule has 2 saturated carbocycles. The summed E-state index contributed by atoms with van der Waals surface area (Å²) in [5.41, 5.74) is 0.442. The minimum atomic E-state index is 0.392. The Kier molecular flexibility index (Phi) is 2.72. The van der Waals surface area contributed by atoms with Crippen LogP contribution in [0.1, 0.15) is 52.4 Å². The molecule has 2 unspecified atom stereocenters. The molecule has 17 heavy (non-hydrogen) atoms. The lowest BCUT2D eigenvalue weighted by molar-refractivity contribution is -0.135. The molecule has 2 atom stereocenters. The van der Waals surface area contributed by atoms with E-state index in [1.807, 2.05) is 0 Å². The molecule has 1 amide bonds. The Morgan fingerprint density at radius 2 is 1.82 bits per heavy atom. The van der Waals surface area contributed by atoms with Crippen LogP contribution in [0.3, 0.4) is 0 Å². The van der Waals surface area contributed by atoms with Gasteiger partial charge in [0.1, 0.15) is 0 Å². The van der Waals surface area contributed by atoms with Gasteiger partial charge in [0.2, 0.25) is 5.91 Å². The van der Waals surface area contributed by atoms with Gasteiger partial charge in [-0.05, 0) is 55.8 Å². The minimum Gasteiger partial charge on any atom is -0.342 e. The highest BCUT2D eigenvalue weighted by Crippen LogP contribution is 2.55. The van der Waals surface area contributed by atoms with Gasteiger partial charge in [-0.15, -0.1) is 0 Å². The Labute approximate surface area is 105 Å². The van der Waals surface area contributed by atoms with E-state index in [9.17, 15) is 4.79 Å². The number of carbonyl (C=O) groups is 1. The summed E-state index contributed by atoms with van der Waals surface area (Å²) in [5.74, 6) is 2.73. The molecule has 0 N–H and O–H groups in total. The van der Waals surface area contributed by atoms with Gasteiger partial charge < -0.3 is 4.90 Å². The van der Waals surface area contributed by atoms with Crippen LogP contribution in [-0.4, -0.2) is 23.9 Å². The van der Waals surface area contributed by atoms with Crippen LogP contribution in [0, 0.1) is 23.2 Å². The molecule has 0 aromatic rings. The highest BCUT2D eigenvalue weighted by atomic mass is 16.2. The Hall–Kier alpha value is -0.530. The summed E-state index contributed by atoms with van der Waals surface area (Å²) in [7, 11) is 0. The molecule has 0 radical (unpaired) electrons. The SMILES string of the molecule is CCC1(CC)CCN(C(=O)C2CC3CC3C2)C1. The van der Waals surface area contributed by atoms with Crippen molar-refractivity contribution in [2.45, 2.75) is 52.4 Å². The van der Waals surface area contributed by atoms with Crippen LogP contribution >= 0.6 is 0 Å². The highest BCUT2D eigenvalue weighted by Gasteiger charge is 2.50. The Morgan fingerprint density at radius 1 is 1.18 bits per heavy atom. The first-order chi connectivity index (χ1) is 8.17. The second kappa shape index (κ2) is 4.00. The standard InChI is InChI=1S/C15H25NO/c1-3-15(4-2)5-6-16(10-15)14(17)13-8-11-7-12(11)9-13/h11-13H,3-10H2,1-2H3. The van der Waals surface area contributed by atoms with E-state index >= 15 is 0 Å². The topological polar surface area (TPSA) is 20.3 Å². The zero-order chi connectivity index (χ0) is 12.0. The lowest BCUT2D eigenvalue weighted by Crippen LogP contribution is -2.35. The van der Waals surface area contributed by atoms with Gasteiger partial charge in [-0.25, -0.2) is 0 Å². The maximum absolute atomic E-state index is 12.5. The smallest absolute Gasteiger partial charge is 0.225 e. The molecule has 0 bridgehead atoms. The Bertz CT molecular complexity index is 311. The van der Waals surface area contributed by atoms with Crippen molar-refractivity contribution >= 4 is 5.91 Å². The minimum absolute atomic E-state index is 0.392. The summed E-state index contributed by atoms with van der Waals surface area (Å²) in [4.78, 5) is 14.6. The van der Waals surface area contributed by atoms with Crippen LogP contribution in [-0.2, 0) is 4.79 Å². The molecule has 1 heterocycles. The van der Waals surface area contributed by atoms with E-state index in [4.69, 9.17) is 0 Å². The maximum atomic E-state index is 12.5. The molecular weight excluding hydrogens is 210 g/mol. The predicted octanol–water partition coefficient (Wildman–Crippen LogP) is 3.07. The third-order valence-corrected chi connectivity index (χ3v) is 5.84. The fourth-order valence-corrected chi connectivity index (χ4v) is 4.13. The molecule has 3 aliphatic rings. The van der Waals surface area contributed by atoms with E-state index in [1.165, 1.54) is 38.5 Å². The number of carbonyl (C=O) groups excluding carboxylic acids is 1. The van der Waals surface area contributed by atoms with Crippen LogP contribution in [0.15, 0.2) is 0 Å². The lowest BCUT2D eigenvalue weighted by Gasteiger charge is -2.27. The molecule has 0 aromatic heterocycles. The van der Waals surface area contributed by atoms with Crippen molar-refractivity contribution in [1.82, 2.24) is 4.90 Å². The van der Waals surface area contributed by atoms with Crippen LogP contribution < -0.4 is 0 Å². The third-order valence-electron chi connectivity index (χ3n) is 5.84. The van der Waals surface area contributed by atoms with Crippen LogP contribution in [0.25, 0.3) is 0 Å². The first-order valence-electron chi connectivity index (χ1n) is 7.46. The first kappa shape index (κ1) is 11.6. The van der Waals surface area contributed by atoms with Gasteiger partial charge in [0.15, 0.2) is 0 Å². The summed E-state index contributed by atoms with van der Waals surface area (Å²) in [6.07, 6.45) is 7.49. The fourth-order valence-electron chi connectivity index (χ4n) is 4.13. The summed E-state index contributed by atoms with van der Waals surface area (Å²) in [6, 6.07) is 0.